The van der Waals surface area contributed by atoms with E-state index >= 15 is 0 Å². The summed E-state index contributed by atoms with van der Waals surface area (Å²) in [5.74, 6) is -0.174. The van der Waals surface area contributed by atoms with Gasteiger partial charge in [0.2, 0.25) is 5.91 Å². The fraction of sp³-hybridized carbons (Fsp3) is 0.385. The van der Waals surface area contributed by atoms with Gasteiger partial charge in [-0.05, 0) is 40.9 Å². The maximum Gasteiger partial charge on any atom is 0.223 e. The van der Waals surface area contributed by atoms with E-state index in [2.05, 4.69) is 26.6 Å². The van der Waals surface area contributed by atoms with Crippen molar-refractivity contribution in [3.8, 4) is 0 Å². The van der Waals surface area contributed by atoms with Gasteiger partial charge in [0.15, 0.2) is 5.82 Å². The fourth-order valence-electron chi connectivity index (χ4n) is 1.75. The molecule has 0 aromatic heterocycles. The molecule has 4 nitrogen and oxygen atoms in total. The Balaban J connectivity index is 1.87. The van der Waals surface area contributed by atoms with Crippen LogP contribution in [0.2, 0.25) is 0 Å². The van der Waals surface area contributed by atoms with Crippen molar-refractivity contribution < 1.29 is 9.18 Å². The van der Waals surface area contributed by atoms with Gasteiger partial charge in [-0.1, -0.05) is 12.2 Å². The topological polar surface area (TPSA) is 67.2 Å². The molecule has 1 aliphatic carbocycles. The Hall–Kier alpha value is -1.21. The van der Waals surface area contributed by atoms with E-state index in [1.165, 1.54) is 0 Å². The third-order valence-electron chi connectivity index (χ3n) is 3.04. The van der Waals surface area contributed by atoms with Crippen LogP contribution in [0.25, 0.3) is 0 Å². The highest BCUT2D eigenvalue weighted by molar-refractivity contribution is 9.10. The molecule has 1 aromatic rings. The lowest BCUT2D eigenvalue weighted by Crippen LogP contribution is -2.30. The minimum absolute atomic E-state index is 0.0808. The van der Waals surface area contributed by atoms with Crippen LogP contribution < -0.4 is 16.4 Å². The van der Waals surface area contributed by atoms with E-state index in [-0.39, 0.29) is 21.3 Å². The molecule has 4 N–H and O–H groups in total. The van der Waals surface area contributed by atoms with Crippen LogP contribution >= 0.6 is 28.1 Å². The number of rotatable bonds is 6. The lowest BCUT2D eigenvalue weighted by atomic mass is 10.2. The molecule has 1 aliphatic rings. The third kappa shape index (κ3) is 3.67. The molecule has 1 aromatic carbocycles. The van der Waals surface area contributed by atoms with E-state index in [0.717, 1.165) is 12.8 Å². The zero-order valence-electron chi connectivity index (χ0n) is 10.7. The highest BCUT2D eigenvalue weighted by atomic mass is 79.9. The van der Waals surface area contributed by atoms with E-state index in [4.69, 9.17) is 18.0 Å². The van der Waals surface area contributed by atoms with E-state index in [1.54, 1.807) is 12.1 Å². The first-order chi connectivity index (χ1) is 9.50. The van der Waals surface area contributed by atoms with Crippen molar-refractivity contribution in [2.75, 3.05) is 18.4 Å². The van der Waals surface area contributed by atoms with Crippen molar-refractivity contribution >= 4 is 44.7 Å². The van der Waals surface area contributed by atoms with Gasteiger partial charge in [0, 0.05) is 24.6 Å². The van der Waals surface area contributed by atoms with Gasteiger partial charge in [0.25, 0.3) is 0 Å². The number of nitrogens with one attached hydrogen (secondary N) is 2. The monoisotopic (exact) mass is 359 g/mol. The number of amides is 1. The summed E-state index contributed by atoms with van der Waals surface area (Å²) in [5, 5.41) is 5.73. The molecule has 2 rings (SSSR count). The first-order valence-electron chi connectivity index (χ1n) is 6.30. The summed E-state index contributed by atoms with van der Waals surface area (Å²) in [5.41, 5.74) is 6.30. The summed E-state index contributed by atoms with van der Waals surface area (Å²) in [4.78, 5) is 11.5. The molecule has 1 fully saturated rings. The van der Waals surface area contributed by atoms with E-state index in [9.17, 15) is 9.18 Å². The summed E-state index contributed by atoms with van der Waals surface area (Å²) in [7, 11) is 0. The smallest absolute Gasteiger partial charge is 0.223 e. The minimum atomic E-state index is -0.441. The molecule has 1 saturated carbocycles. The van der Waals surface area contributed by atoms with Gasteiger partial charge in [0.05, 0.1) is 10.2 Å². The zero-order valence-corrected chi connectivity index (χ0v) is 13.1. The van der Waals surface area contributed by atoms with Crippen LogP contribution in [0, 0.1) is 11.7 Å². The minimum Gasteiger partial charge on any atom is -0.389 e. The number of nitrogens with two attached hydrogens (primary N) is 1. The largest absolute Gasteiger partial charge is 0.389 e. The molecule has 108 valence electrons. The zero-order chi connectivity index (χ0) is 14.7. The second-order valence-corrected chi connectivity index (χ2v) is 5.88. The lowest BCUT2D eigenvalue weighted by molar-refractivity contribution is -0.122. The molecular formula is C13H15BrFN3OS. The SMILES string of the molecule is NC(=S)c1ccc(NCCNC(=O)C2CC2)c(F)c1Br. The van der Waals surface area contributed by atoms with Gasteiger partial charge in [-0.2, -0.15) is 0 Å². The van der Waals surface area contributed by atoms with Crippen LogP contribution in [0.1, 0.15) is 18.4 Å². The normalized spacial score (nSPS) is 13.9. The fourth-order valence-corrected chi connectivity index (χ4v) is 2.61. The number of carbonyl (C=O) groups is 1. The van der Waals surface area contributed by atoms with Gasteiger partial charge in [-0.3, -0.25) is 4.79 Å². The molecule has 0 aliphatic heterocycles. The average Bonchev–Trinajstić information content (AvgIpc) is 3.23. The predicted molar refractivity (Wildman–Crippen MR) is 84.2 cm³/mol. The number of thiocarbonyl (C=S) groups is 1. The van der Waals surface area contributed by atoms with Crippen molar-refractivity contribution in [1.29, 1.82) is 0 Å². The summed E-state index contributed by atoms with van der Waals surface area (Å²) in [6.45, 7) is 0.914. The van der Waals surface area contributed by atoms with Crippen molar-refractivity contribution in [3.05, 3.63) is 28.0 Å². The predicted octanol–water partition coefficient (Wildman–Crippen LogP) is 2.16. The van der Waals surface area contributed by atoms with E-state index in [0.29, 0.717) is 24.3 Å². The molecule has 0 atom stereocenters. The average molecular weight is 360 g/mol. The van der Waals surface area contributed by atoms with E-state index in [1.807, 2.05) is 0 Å². The van der Waals surface area contributed by atoms with Gasteiger partial charge in [-0.15, -0.1) is 0 Å². The summed E-state index contributed by atoms with van der Waals surface area (Å²) in [6.07, 6.45) is 1.95. The van der Waals surface area contributed by atoms with E-state index < -0.39 is 5.82 Å². The first-order valence-corrected chi connectivity index (χ1v) is 7.50. The number of hydrogen-bond donors (Lipinski definition) is 3. The number of halogens is 2. The Labute approximate surface area is 130 Å². The standard InChI is InChI=1S/C13H15BrFN3OS/c14-10-8(12(16)20)3-4-9(11(10)15)17-5-6-18-13(19)7-1-2-7/h3-4,7,17H,1-2,5-6H2,(H2,16,20)(H,18,19). The third-order valence-corrected chi connectivity index (χ3v) is 4.03. The molecule has 20 heavy (non-hydrogen) atoms. The molecule has 1 amide bonds. The van der Waals surface area contributed by atoms with Crippen molar-refractivity contribution in [3.63, 3.8) is 0 Å². The number of benzene rings is 1. The Morgan fingerprint density at radius 1 is 1.45 bits per heavy atom. The summed E-state index contributed by atoms with van der Waals surface area (Å²) < 4.78 is 14.3. The summed E-state index contributed by atoms with van der Waals surface area (Å²) in [6, 6.07) is 3.23. The molecule has 0 heterocycles. The van der Waals surface area contributed by atoms with Crippen LogP contribution in [0.5, 0.6) is 0 Å². The maximum atomic E-state index is 14.0. The van der Waals surface area contributed by atoms with Gasteiger partial charge in [-0.25, -0.2) is 4.39 Å². The van der Waals surface area contributed by atoms with Crippen LogP contribution in [0.4, 0.5) is 10.1 Å². The first kappa shape index (κ1) is 15.2. The Morgan fingerprint density at radius 3 is 2.75 bits per heavy atom. The van der Waals surface area contributed by atoms with Gasteiger partial charge >= 0.3 is 0 Å². The molecule has 0 bridgehead atoms. The second kappa shape index (κ2) is 6.49. The lowest BCUT2D eigenvalue weighted by Gasteiger charge is -2.11. The second-order valence-electron chi connectivity index (χ2n) is 4.64. The van der Waals surface area contributed by atoms with Gasteiger partial charge < -0.3 is 16.4 Å². The van der Waals surface area contributed by atoms with Crippen molar-refractivity contribution in [1.82, 2.24) is 5.32 Å². The number of hydrogen-bond acceptors (Lipinski definition) is 3. The Morgan fingerprint density at radius 2 is 2.15 bits per heavy atom. The molecule has 7 heteroatoms. The highest BCUT2D eigenvalue weighted by Gasteiger charge is 2.28. The van der Waals surface area contributed by atoms with Crippen LogP contribution in [-0.2, 0) is 4.79 Å². The van der Waals surface area contributed by atoms with Crippen LogP contribution in [0.3, 0.4) is 0 Å². The molecule has 0 saturated heterocycles. The number of carbonyl (C=O) groups excluding carboxylic acids is 1. The van der Waals surface area contributed by atoms with Crippen LogP contribution in [0.15, 0.2) is 16.6 Å². The highest BCUT2D eigenvalue weighted by Crippen LogP contribution is 2.29. The Kier molecular flexibility index (Phi) is 4.93. The summed E-state index contributed by atoms with van der Waals surface area (Å²) >= 11 is 7.97. The maximum absolute atomic E-state index is 14.0. The van der Waals surface area contributed by atoms with Crippen molar-refractivity contribution in [2.24, 2.45) is 11.7 Å². The Bertz CT molecular complexity index is 549. The van der Waals surface area contributed by atoms with Gasteiger partial charge in [0.1, 0.15) is 4.99 Å². The molecule has 0 radical (unpaired) electrons. The number of anilines is 1. The quantitative estimate of drug-likeness (QED) is 0.537. The molecule has 0 spiro atoms. The molecular weight excluding hydrogens is 345 g/mol. The van der Waals surface area contributed by atoms with Crippen molar-refractivity contribution in [2.45, 2.75) is 12.8 Å². The molecule has 0 unspecified atom stereocenters. The van der Waals surface area contributed by atoms with Crippen LogP contribution in [-0.4, -0.2) is 24.0 Å².